The van der Waals surface area contributed by atoms with Crippen LogP contribution in [0.2, 0.25) is 0 Å². The Kier molecular flexibility index (Phi) is 3.46. The number of Topliss-reactive ketones (excluding diaryl/α,β-unsaturated/α-hetero) is 1. The molecule has 0 saturated carbocycles. The van der Waals surface area contributed by atoms with E-state index in [0.29, 0.717) is 6.20 Å². The summed E-state index contributed by atoms with van der Waals surface area (Å²) in [7, 11) is 0. The van der Waals surface area contributed by atoms with Gasteiger partial charge in [0.05, 0.1) is 0 Å². The number of halogens is 7. The summed E-state index contributed by atoms with van der Waals surface area (Å²) in [5.41, 5.74) is -0.855. The molecule has 0 aliphatic carbocycles. The van der Waals surface area contributed by atoms with Gasteiger partial charge < -0.3 is 4.98 Å². The number of nitrogens with one attached hydrogen (secondary N) is 1. The van der Waals surface area contributed by atoms with Crippen molar-refractivity contribution in [2.24, 2.45) is 5.92 Å². The van der Waals surface area contributed by atoms with Gasteiger partial charge in [-0.1, -0.05) is 0 Å². The molecule has 21 heavy (non-hydrogen) atoms. The number of rotatable bonds is 2. The molecule has 1 aromatic carbocycles. The Morgan fingerprint density at radius 1 is 1.05 bits per heavy atom. The van der Waals surface area contributed by atoms with Gasteiger partial charge >= 0.3 is 12.4 Å². The average Bonchev–Trinajstić information content (AvgIpc) is 2.67. The predicted molar refractivity (Wildman–Crippen MR) is 58.2 cm³/mol. The Balaban J connectivity index is 2.54. The van der Waals surface area contributed by atoms with E-state index in [-0.39, 0.29) is 10.9 Å². The van der Waals surface area contributed by atoms with E-state index < -0.39 is 35.4 Å². The third kappa shape index (κ3) is 2.86. The molecule has 0 spiro atoms. The lowest BCUT2D eigenvalue weighted by Gasteiger charge is -2.21. The minimum atomic E-state index is -5.76. The van der Waals surface area contributed by atoms with E-state index in [1.807, 2.05) is 0 Å². The SMILES string of the molecule is O=C(c1c[nH]c2cc(F)ccc12)C(C(F)(F)F)C(F)(F)F. The van der Waals surface area contributed by atoms with Gasteiger partial charge in [0.25, 0.3) is 0 Å². The first kappa shape index (κ1) is 15.3. The van der Waals surface area contributed by atoms with Crippen molar-refractivity contribution in [3.05, 3.63) is 35.8 Å². The van der Waals surface area contributed by atoms with Gasteiger partial charge in [-0.25, -0.2) is 4.39 Å². The first-order chi connectivity index (χ1) is 9.51. The summed E-state index contributed by atoms with van der Waals surface area (Å²) in [6.45, 7) is 0. The second-order valence-electron chi connectivity index (χ2n) is 4.27. The van der Waals surface area contributed by atoms with E-state index in [2.05, 4.69) is 4.98 Å². The molecule has 0 aliphatic heterocycles. The third-order valence-electron chi connectivity index (χ3n) is 2.83. The summed E-state index contributed by atoms with van der Waals surface area (Å²) >= 11 is 0. The quantitative estimate of drug-likeness (QED) is 0.653. The molecule has 0 unspecified atom stereocenters. The van der Waals surface area contributed by atoms with E-state index in [1.165, 1.54) is 0 Å². The molecule has 2 rings (SSSR count). The Labute approximate surface area is 112 Å². The van der Waals surface area contributed by atoms with E-state index in [9.17, 15) is 35.5 Å². The normalized spacial score (nSPS) is 13.1. The Bertz CT molecular complexity index is 669. The fourth-order valence-electron chi connectivity index (χ4n) is 1.94. The molecule has 114 valence electrons. The summed E-state index contributed by atoms with van der Waals surface area (Å²) in [5, 5.41) is -0.208. The number of hydrogen-bond acceptors (Lipinski definition) is 1. The molecular weight excluding hydrogens is 307 g/mol. The number of carbonyl (C=O) groups is 1. The number of benzene rings is 1. The van der Waals surface area contributed by atoms with Crippen LogP contribution in [0.25, 0.3) is 10.9 Å². The highest BCUT2D eigenvalue weighted by atomic mass is 19.4. The molecule has 2 nitrogen and oxygen atoms in total. The monoisotopic (exact) mass is 313 g/mol. The molecule has 2 aromatic rings. The number of alkyl halides is 6. The van der Waals surface area contributed by atoms with Crippen LogP contribution in [-0.4, -0.2) is 23.1 Å². The molecule has 0 fully saturated rings. The molecule has 1 aromatic heterocycles. The lowest BCUT2D eigenvalue weighted by Crippen LogP contribution is -2.42. The van der Waals surface area contributed by atoms with Gasteiger partial charge in [0, 0.05) is 22.7 Å². The van der Waals surface area contributed by atoms with E-state index >= 15 is 0 Å². The van der Waals surface area contributed by atoms with Crippen LogP contribution >= 0.6 is 0 Å². The van der Waals surface area contributed by atoms with Crippen molar-refractivity contribution < 1.29 is 35.5 Å². The summed E-state index contributed by atoms with van der Waals surface area (Å²) in [6, 6.07) is 2.64. The number of carbonyl (C=O) groups excluding carboxylic acids is 1. The number of aromatic nitrogens is 1. The highest BCUT2D eigenvalue weighted by Crippen LogP contribution is 2.42. The van der Waals surface area contributed by atoms with Gasteiger partial charge in [0.15, 0.2) is 5.78 Å². The molecule has 1 heterocycles. The topological polar surface area (TPSA) is 32.9 Å². The molecule has 0 saturated heterocycles. The summed E-state index contributed by atoms with van der Waals surface area (Å²) in [6.07, 6.45) is -10.8. The highest BCUT2D eigenvalue weighted by Gasteiger charge is 2.61. The van der Waals surface area contributed by atoms with Gasteiger partial charge in [-0.3, -0.25) is 4.79 Å². The standard InChI is InChI=1S/C12H6F7NO/c13-5-1-2-6-7(4-20-8(6)3-5)9(21)10(11(14,15)16)12(17,18)19/h1-4,10,20H. The molecule has 0 aliphatic rings. The van der Waals surface area contributed by atoms with Crippen LogP contribution in [0.3, 0.4) is 0 Å². The number of fused-ring (bicyclic) bond motifs is 1. The average molecular weight is 313 g/mol. The van der Waals surface area contributed by atoms with Crippen LogP contribution in [0, 0.1) is 11.7 Å². The van der Waals surface area contributed by atoms with E-state index in [0.717, 1.165) is 18.2 Å². The predicted octanol–water partition coefficient (Wildman–Crippen LogP) is 4.23. The van der Waals surface area contributed by atoms with Crippen LogP contribution in [0.1, 0.15) is 10.4 Å². The lowest BCUT2D eigenvalue weighted by atomic mass is 9.96. The van der Waals surface area contributed by atoms with Crippen molar-refractivity contribution in [1.29, 1.82) is 0 Å². The number of ketones is 1. The molecule has 0 amide bonds. The zero-order chi connectivity index (χ0) is 16.0. The maximum absolute atomic E-state index is 12.9. The zero-order valence-electron chi connectivity index (χ0n) is 9.94. The van der Waals surface area contributed by atoms with E-state index in [1.54, 1.807) is 0 Å². The first-order valence-electron chi connectivity index (χ1n) is 5.46. The minimum absolute atomic E-state index is 0.0681. The highest BCUT2D eigenvalue weighted by molar-refractivity contribution is 6.09. The number of H-pyrrole nitrogens is 1. The minimum Gasteiger partial charge on any atom is -0.360 e. The van der Waals surface area contributed by atoms with Crippen LogP contribution in [0.15, 0.2) is 24.4 Å². The Hall–Kier alpha value is -2.06. The largest absolute Gasteiger partial charge is 0.407 e. The van der Waals surface area contributed by atoms with E-state index in [4.69, 9.17) is 0 Å². The fourth-order valence-corrected chi connectivity index (χ4v) is 1.94. The van der Waals surface area contributed by atoms with Crippen molar-refractivity contribution in [3.8, 4) is 0 Å². The maximum atomic E-state index is 12.9. The van der Waals surface area contributed by atoms with Crippen molar-refractivity contribution >= 4 is 16.7 Å². The molecule has 1 N–H and O–H groups in total. The van der Waals surface area contributed by atoms with Crippen molar-refractivity contribution in [2.45, 2.75) is 12.4 Å². The van der Waals surface area contributed by atoms with Crippen molar-refractivity contribution in [2.75, 3.05) is 0 Å². The fraction of sp³-hybridized carbons (Fsp3) is 0.250. The van der Waals surface area contributed by atoms with Gasteiger partial charge in [-0.2, -0.15) is 26.3 Å². The smallest absolute Gasteiger partial charge is 0.360 e. The first-order valence-corrected chi connectivity index (χ1v) is 5.46. The van der Waals surface area contributed by atoms with Gasteiger partial charge in [0.2, 0.25) is 5.92 Å². The van der Waals surface area contributed by atoms with Gasteiger partial charge in [-0.15, -0.1) is 0 Å². The van der Waals surface area contributed by atoms with Crippen LogP contribution in [0.5, 0.6) is 0 Å². The summed E-state index contributed by atoms with van der Waals surface area (Å²) in [5.74, 6) is -6.99. The molecule has 9 heteroatoms. The van der Waals surface area contributed by atoms with Crippen LogP contribution < -0.4 is 0 Å². The number of aromatic amines is 1. The lowest BCUT2D eigenvalue weighted by molar-refractivity contribution is -0.264. The summed E-state index contributed by atoms with van der Waals surface area (Å²) in [4.78, 5) is 13.9. The number of hydrogen-bond donors (Lipinski definition) is 1. The maximum Gasteiger partial charge on any atom is 0.407 e. The molecule has 0 bridgehead atoms. The molecule has 0 radical (unpaired) electrons. The molecule has 0 atom stereocenters. The van der Waals surface area contributed by atoms with Crippen LogP contribution in [0.4, 0.5) is 30.7 Å². The molecular formula is C12H6F7NO. The second kappa shape index (κ2) is 4.74. The Morgan fingerprint density at radius 3 is 2.14 bits per heavy atom. The van der Waals surface area contributed by atoms with Gasteiger partial charge in [0.1, 0.15) is 5.82 Å². The third-order valence-corrected chi connectivity index (χ3v) is 2.83. The Morgan fingerprint density at radius 2 is 1.62 bits per heavy atom. The van der Waals surface area contributed by atoms with Crippen LogP contribution in [-0.2, 0) is 0 Å². The van der Waals surface area contributed by atoms with Crippen molar-refractivity contribution in [1.82, 2.24) is 4.98 Å². The van der Waals surface area contributed by atoms with Crippen molar-refractivity contribution in [3.63, 3.8) is 0 Å². The second-order valence-corrected chi connectivity index (χ2v) is 4.27. The van der Waals surface area contributed by atoms with Gasteiger partial charge in [-0.05, 0) is 18.2 Å². The zero-order valence-corrected chi connectivity index (χ0v) is 9.94. The summed E-state index contributed by atoms with van der Waals surface area (Å²) < 4.78 is 88.0.